The van der Waals surface area contributed by atoms with Gasteiger partial charge in [0.2, 0.25) is 0 Å². The number of nitrogens with two attached hydrogens (primary N) is 1. The van der Waals surface area contributed by atoms with Crippen molar-refractivity contribution >= 4 is 28.7 Å². The Morgan fingerprint density at radius 1 is 1.53 bits per heavy atom. The minimum Gasteiger partial charge on any atom is -0.465 e. The summed E-state index contributed by atoms with van der Waals surface area (Å²) in [5, 5.41) is 1.97. The molecule has 0 aliphatic rings. The number of hydrogen-bond acceptors (Lipinski definition) is 6. The van der Waals surface area contributed by atoms with E-state index in [1.54, 1.807) is 23.7 Å². The second-order valence-electron chi connectivity index (χ2n) is 4.07. The second kappa shape index (κ2) is 5.71. The van der Waals surface area contributed by atoms with Crippen LogP contribution in [0.1, 0.15) is 16.1 Å². The highest BCUT2D eigenvalue weighted by atomic mass is 32.1. The molecule has 1 heterocycles. The quantitative estimate of drug-likeness (QED) is 0.685. The number of esters is 1. The summed E-state index contributed by atoms with van der Waals surface area (Å²) in [6.07, 6.45) is 0. The van der Waals surface area contributed by atoms with E-state index in [9.17, 15) is 4.79 Å². The van der Waals surface area contributed by atoms with Gasteiger partial charge in [-0.15, -0.1) is 11.3 Å². The van der Waals surface area contributed by atoms with E-state index in [-0.39, 0.29) is 0 Å². The molecule has 0 aliphatic heterocycles. The SMILES string of the molecule is COC(=O)c1cccc(N)c1N(C)Cc1cscn1. The standard InChI is InChI=1S/C13H15N3O2S/c1-16(6-9-7-19-8-15-9)12-10(13(17)18-2)4-3-5-11(12)14/h3-5,7-8H,6,14H2,1-2H3. The molecule has 1 aromatic heterocycles. The summed E-state index contributed by atoms with van der Waals surface area (Å²) in [6, 6.07) is 5.20. The van der Waals surface area contributed by atoms with Gasteiger partial charge in [-0.25, -0.2) is 9.78 Å². The molecule has 2 rings (SSSR count). The number of rotatable bonds is 4. The van der Waals surface area contributed by atoms with E-state index in [1.165, 1.54) is 18.4 Å². The lowest BCUT2D eigenvalue weighted by molar-refractivity contribution is 0.0601. The number of carbonyl (C=O) groups excluding carboxylic acids is 1. The Balaban J connectivity index is 2.34. The third-order valence-electron chi connectivity index (χ3n) is 2.74. The molecule has 100 valence electrons. The van der Waals surface area contributed by atoms with Gasteiger partial charge in [0.05, 0.1) is 41.8 Å². The van der Waals surface area contributed by atoms with Gasteiger partial charge in [-0.05, 0) is 12.1 Å². The molecule has 0 aliphatic carbocycles. The number of nitrogens with zero attached hydrogens (tertiary/aromatic N) is 2. The van der Waals surface area contributed by atoms with Gasteiger partial charge in [0.25, 0.3) is 0 Å². The smallest absolute Gasteiger partial charge is 0.340 e. The summed E-state index contributed by atoms with van der Waals surface area (Å²) in [5.74, 6) is -0.396. The molecule has 0 unspecified atom stereocenters. The summed E-state index contributed by atoms with van der Waals surface area (Å²) in [6.45, 7) is 0.585. The van der Waals surface area contributed by atoms with Gasteiger partial charge in [-0.1, -0.05) is 6.07 Å². The molecule has 0 saturated heterocycles. The fourth-order valence-corrected chi connectivity index (χ4v) is 2.45. The first-order valence-electron chi connectivity index (χ1n) is 5.68. The van der Waals surface area contributed by atoms with Crippen molar-refractivity contribution in [1.82, 2.24) is 4.98 Å². The maximum atomic E-state index is 11.8. The summed E-state index contributed by atoms with van der Waals surface area (Å²) in [7, 11) is 3.23. The van der Waals surface area contributed by atoms with Crippen LogP contribution in [0.5, 0.6) is 0 Å². The van der Waals surface area contributed by atoms with E-state index in [0.717, 1.165) is 5.69 Å². The van der Waals surface area contributed by atoms with Gasteiger partial charge in [0.1, 0.15) is 0 Å². The molecule has 0 spiro atoms. The third-order valence-corrected chi connectivity index (χ3v) is 3.37. The number of hydrogen-bond donors (Lipinski definition) is 1. The number of benzene rings is 1. The number of aromatic nitrogens is 1. The number of ether oxygens (including phenoxy) is 1. The lowest BCUT2D eigenvalue weighted by atomic mass is 10.1. The first-order chi connectivity index (χ1) is 9.13. The lowest BCUT2D eigenvalue weighted by Gasteiger charge is -2.22. The summed E-state index contributed by atoms with van der Waals surface area (Å²) < 4.78 is 4.78. The Bertz CT molecular complexity index is 569. The number of nitrogen functional groups attached to an aromatic ring is 1. The van der Waals surface area contributed by atoms with Crippen molar-refractivity contribution in [2.24, 2.45) is 0 Å². The third kappa shape index (κ3) is 2.85. The number of anilines is 2. The van der Waals surface area contributed by atoms with Crippen LogP contribution in [0.15, 0.2) is 29.1 Å². The fourth-order valence-electron chi connectivity index (χ4n) is 1.90. The van der Waals surface area contributed by atoms with Crippen LogP contribution in [0.25, 0.3) is 0 Å². The van der Waals surface area contributed by atoms with Gasteiger partial charge in [0.15, 0.2) is 0 Å². The van der Waals surface area contributed by atoms with Gasteiger partial charge in [-0.2, -0.15) is 0 Å². The van der Waals surface area contributed by atoms with E-state index in [2.05, 4.69) is 4.98 Å². The topological polar surface area (TPSA) is 68.5 Å². The highest BCUT2D eigenvalue weighted by Crippen LogP contribution is 2.28. The Morgan fingerprint density at radius 2 is 2.32 bits per heavy atom. The zero-order valence-corrected chi connectivity index (χ0v) is 11.6. The van der Waals surface area contributed by atoms with Crippen LogP contribution < -0.4 is 10.6 Å². The van der Waals surface area contributed by atoms with Crippen LogP contribution in [0.4, 0.5) is 11.4 Å². The molecule has 5 nitrogen and oxygen atoms in total. The first kappa shape index (κ1) is 13.4. The van der Waals surface area contributed by atoms with Crippen molar-refractivity contribution in [3.05, 3.63) is 40.3 Å². The lowest BCUT2D eigenvalue weighted by Crippen LogP contribution is -2.21. The van der Waals surface area contributed by atoms with E-state index in [0.29, 0.717) is 23.5 Å². The van der Waals surface area contributed by atoms with Crippen LogP contribution in [-0.2, 0) is 11.3 Å². The van der Waals surface area contributed by atoms with E-state index < -0.39 is 5.97 Å². The number of para-hydroxylation sites is 1. The Morgan fingerprint density at radius 3 is 2.95 bits per heavy atom. The second-order valence-corrected chi connectivity index (χ2v) is 4.79. The maximum Gasteiger partial charge on any atom is 0.340 e. The molecule has 19 heavy (non-hydrogen) atoms. The van der Waals surface area contributed by atoms with E-state index >= 15 is 0 Å². The molecule has 0 fully saturated rings. The molecule has 0 atom stereocenters. The monoisotopic (exact) mass is 277 g/mol. The summed E-state index contributed by atoms with van der Waals surface area (Å²) in [5.41, 5.74) is 10.4. The molecule has 0 amide bonds. The molecular formula is C13H15N3O2S. The average Bonchev–Trinajstić information content (AvgIpc) is 2.90. The van der Waals surface area contributed by atoms with Crippen LogP contribution >= 0.6 is 11.3 Å². The molecule has 2 N–H and O–H groups in total. The zero-order valence-electron chi connectivity index (χ0n) is 10.8. The van der Waals surface area contributed by atoms with Gasteiger partial charge >= 0.3 is 5.97 Å². The van der Waals surface area contributed by atoms with Gasteiger partial charge in [0, 0.05) is 12.4 Å². The molecule has 0 bridgehead atoms. The highest BCUT2D eigenvalue weighted by molar-refractivity contribution is 7.07. The highest BCUT2D eigenvalue weighted by Gasteiger charge is 2.17. The predicted molar refractivity (Wildman–Crippen MR) is 76.4 cm³/mol. The van der Waals surface area contributed by atoms with Crippen LogP contribution in [-0.4, -0.2) is 25.1 Å². The predicted octanol–water partition coefficient (Wildman–Crippen LogP) is 2.15. The van der Waals surface area contributed by atoms with Crippen LogP contribution in [0.3, 0.4) is 0 Å². The molecule has 2 aromatic rings. The van der Waals surface area contributed by atoms with Crippen molar-refractivity contribution < 1.29 is 9.53 Å². The Kier molecular flexibility index (Phi) is 4.01. The maximum absolute atomic E-state index is 11.8. The minimum atomic E-state index is -0.396. The van der Waals surface area contributed by atoms with Crippen molar-refractivity contribution in [3.8, 4) is 0 Å². The van der Waals surface area contributed by atoms with E-state index in [1.807, 2.05) is 17.3 Å². The van der Waals surface area contributed by atoms with Crippen LogP contribution in [0.2, 0.25) is 0 Å². The fraction of sp³-hybridized carbons (Fsp3) is 0.231. The molecule has 6 heteroatoms. The first-order valence-corrected chi connectivity index (χ1v) is 6.62. The summed E-state index contributed by atoms with van der Waals surface area (Å²) in [4.78, 5) is 17.9. The normalized spacial score (nSPS) is 10.2. The molecule has 1 aromatic carbocycles. The Labute approximate surface area is 115 Å². The van der Waals surface area contributed by atoms with Crippen molar-refractivity contribution in [3.63, 3.8) is 0 Å². The zero-order chi connectivity index (χ0) is 13.8. The van der Waals surface area contributed by atoms with E-state index in [4.69, 9.17) is 10.5 Å². The number of thiazole rings is 1. The van der Waals surface area contributed by atoms with Gasteiger partial charge in [-0.3, -0.25) is 0 Å². The minimum absolute atomic E-state index is 0.396. The molecule has 0 saturated carbocycles. The van der Waals surface area contributed by atoms with Crippen molar-refractivity contribution in [1.29, 1.82) is 0 Å². The average molecular weight is 277 g/mol. The number of methoxy groups -OCH3 is 1. The molecular weight excluding hydrogens is 262 g/mol. The van der Waals surface area contributed by atoms with Crippen molar-refractivity contribution in [2.75, 3.05) is 24.8 Å². The van der Waals surface area contributed by atoms with Gasteiger partial charge < -0.3 is 15.4 Å². The number of carbonyl (C=O) groups is 1. The Hall–Kier alpha value is -2.08. The molecule has 0 radical (unpaired) electrons. The van der Waals surface area contributed by atoms with Crippen molar-refractivity contribution in [2.45, 2.75) is 6.54 Å². The summed E-state index contributed by atoms with van der Waals surface area (Å²) >= 11 is 1.54. The van der Waals surface area contributed by atoms with Crippen LogP contribution in [0, 0.1) is 0 Å². The largest absolute Gasteiger partial charge is 0.465 e.